The maximum atomic E-state index is 12.3. The van der Waals surface area contributed by atoms with E-state index in [2.05, 4.69) is 5.32 Å². The lowest BCUT2D eigenvalue weighted by molar-refractivity contribution is -0.251. The molecule has 0 saturated carbocycles. The second-order valence-corrected chi connectivity index (χ2v) is 8.95. The van der Waals surface area contributed by atoms with Crippen molar-refractivity contribution in [1.82, 2.24) is 5.32 Å². The number of amides is 1. The topological polar surface area (TPSA) is 152 Å². The number of carbonyl (C=O) groups is 1. The zero-order valence-corrected chi connectivity index (χ0v) is 18.0. The average molecular weight is 467 g/mol. The van der Waals surface area contributed by atoms with Crippen LogP contribution in [-0.4, -0.2) is 67.1 Å². The molecular weight excluding hydrogens is 442 g/mol. The molecule has 3 rings (SSSR count). The molecule has 5 atom stereocenters. The van der Waals surface area contributed by atoms with E-state index in [1.54, 1.807) is 43.3 Å². The largest absolute Gasteiger partial charge is 0.445 e. The molecule has 0 radical (unpaired) electrons. The lowest BCUT2D eigenvalue weighted by Crippen LogP contribution is -2.64. The highest BCUT2D eigenvalue weighted by atomic mass is 32.2. The van der Waals surface area contributed by atoms with Gasteiger partial charge in [0.1, 0.15) is 31.0 Å². The van der Waals surface area contributed by atoms with Crippen molar-refractivity contribution < 1.29 is 42.2 Å². The summed E-state index contributed by atoms with van der Waals surface area (Å²) in [5.74, 6) is 0. The summed E-state index contributed by atoms with van der Waals surface area (Å²) in [6.07, 6.45) is -7.36. The predicted molar refractivity (Wildman–Crippen MR) is 111 cm³/mol. The van der Waals surface area contributed by atoms with Gasteiger partial charge in [0.2, 0.25) is 0 Å². The Balaban J connectivity index is 1.54. The molecule has 1 saturated heterocycles. The summed E-state index contributed by atoms with van der Waals surface area (Å²) >= 11 is 0. The van der Waals surface area contributed by atoms with Crippen molar-refractivity contribution >= 4 is 16.2 Å². The van der Waals surface area contributed by atoms with Crippen molar-refractivity contribution in [2.75, 3.05) is 6.61 Å². The molecule has 0 spiro atoms. The van der Waals surface area contributed by atoms with Crippen LogP contribution in [0.15, 0.2) is 59.5 Å². The number of alkyl carbamates (subject to hydrolysis) is 1. The predicted octanol–water partition coefficient (Wildman–Crippen LogP) is 0.434. The van der Waals surface area contributed by atoms with Gasteiger partial charge in [-0.1, -0.05) is 48.0 Å². The number of hydrogen-bond donors (Lipinski definition) is 4. The third-order valence-corrected chi connectivity index (χ3v) is 6.21. The Morgan fingerprint density at radius 3 is 2.34 bits per heavy atom. The van der Waals surface area contributed by atoms with Gasteiger partial charge in [-0.2, -0.15) is 8.42 Å². The smallest absolute Gasteiger partial charge is 0.407 e. The molecule has 1 aliphatic rings. The highest BCUT2D eigenvalue weighted by Crippen LogP contribution is 2.22. The van der Waals surface area contributed by atoms with E-state index in [1.807, 2.05) is 6.07 Å². The Morgan fingerprint density at radius 2 is 1.69 bits per heavy atom. The van der Waals surface area contributed by atoms with Crippen LogP contribution in [0.25, 0.3) is 0 Å². The Morgan fingerprint density at radius 1 is 1.03 bits per heavy atom. The number of rotatable bonds is 7. The number of aryl methyl sites for hydroxylation is 1. The maximum absolute atomic E-state index is 12.3. The fourth-order valence-electron chi connectivity index (χ4n) is 3.07. The molecular formula is C21H25NO9S. The van der Waals surface area contributed by atoms with E-state index in [9.17, 15) is 28.5 Å². The molecule has 32 heavy (non-hydrogen) atoms. The molecule has 0 aromatic heterocycles. The van der Waals surface area contributed by atoms with Crippen LogP contribution in [0.3, 0.4) is 0 Å². The number of benzene rings is 2. The van der Waals surface area contributed by atoms with Crippen LogP contribution < -0.4 is 5.32 Å². The van der Waals surface area contributed by atoms with Gasteiger partial charge in [0.15, 0.2) is 6.29 Å². The zero-order valence-electron chi connectivity index (χ0n) is 17.2. The molecule has 2 aromatic rings. The summed E-state index contributed by atoms with van der Waals surface area (Å²) in [6.45, 7) is 1.10. The average Bonchev–Trinajstić information content (AvgIpc) is 2.78. The van der Waals surface area contributed by atoms with Crippen LogP contribution in [0.1, 0.15) is 11.1 Å². The van der Waals surface area contributed by atoms with Crippen LogP contribution in [0, 0.1) is 6.92 Å². The molecule has 1 fully saturated rings. The summed E-state index contributed by atoms with van der Waals surface area (Å²) in [5, 5.41) is 33.0. The van der Waals surface area contributed by atoms with E-state index >= 15 is 0 Å². The molecule has 11 heteroatoms. The summed E-state index contributed by atoms with van der Waals surface area (Å²) in [4.78, 5) is 11.9. The first kappa shape index (κ1) is 24.1. The molecule has 1 unspecified atom stereocenters. The van der Waals surface area contributed by atoms with Gasteiger partial charge in [-0.05, 0) is 24.6 Å². The Hall–Kier alpha value is -2.54. The van der Waals surface area contributed by atoms with E-state index in [4.69, 9.17) is 13.7 Å². The van der Waals surface area contributed by atoms with Crippen LogP contribution in [0.2, 0.25) is 0 Å². The summed E-state index contributed by atoms with van der Waals surface area (Å²) in [6, 6.07) is 13.4. The third-order valence-electron chi connectivity index (χ3n) is 4.91. The molecule has 4 N–H and O–H groups in total. The fourth-order valence-corrected chi connectivity index (χ4v) is 3.99. The van der Waals surface area contributed by atoms with E-state index in [0.29, 0.717) is 0 Å². The second kappa shape index (κ2) is 10.4. The normalized spacial score (nSPS) is 25.8. The molecule has 10 nitrogen and oxygen atoms in total. The number of nitrogens with one attached hydrogen (secondary N) is 1. The van der Waals surface area contributed by atoms with Crippen molar-refractivity contribution in [2.45, 2.75) is 49.1 Å². The van der Waals surface area contributed by atoms with Gasteiger partial charge in [-0.15, -0.1) is 0 Å². The van der Waals surface area contributed by atoms with Gasteiger partial charge in [-0.25, -0.2) is 4.79 Å². The number of ether oxygens (including phenoxy) is 2. The minimum Gasteiger partial charge on any atom is -0.445 e. The van der Waals surface area contributed by atoms with Crippen molar-refractivity contribution in [3.05, 3.63) is 65.7 Å². The van der Waals surface area contributed by atoms with E-state index in [-0.39, 0.29) is 11.5 Å². The summed E-state index contributed by atoms with van der Waals surface area (Å²) in [7, 11) is -4.15. The lowest BCUT2D eigenvalue weighted by Gasteiger charge is -2.40. The number of aliphatic hydroxyl groups is 3. The monoisotopic (exact) mass is 467 g/mol. The van der Waals surface area contributed by atoms with E-state index in [1.165, 1.54) is 12.1 Å². The van der Waals surface area contributed by atoms with Crippen LogP contribution in [0.5, 0.6) is 0 Å². The first-order chi connectivity index (χ1) is 15.2. The van der Waals surface area contributed by atoms with Crippen LogP contribution in [0.4, 0.5) is 4.79 Å². The Labute approximate surface area is 185 Å². The highest BCUT2D eigenvalue weighted by Gasteiger charge is 2.45. The first-order valence-electron chi connectivity index (χ1n) is 9.80. The minimum atomic E-state index is -4.15. The van der Waals surface area contributed by atoms with Crippen LogP contribution in [-0.2, 0) is 30.4 Å². The lowest BCUT2D eigenvalue weighted by atomic mass is 9.97. The number of hydrogen-bond acceptors (Lipinski definition) is 9. The number of aliphatic hydroxyl groups excluding tert-OH is 3. The fraction of sp³-hybridized carbons (Fsp3) is 0.381. The summed E-state index contributed by atoms with van der Waals surface area (Å²) in [5.41, 5.74) is 1.60. The molecule has 0 bridgehead atoms. The molecule has 1 aliphatic heterocycles. The number of carbonyl (C=O) groups excluding carboxylic acids is 1. The van der Waals surface area contributed by atoms with Gasteiger partial charge < -0.3 is 30.1 Å². The summed E-state index contributed by atoms with van der Waals surface area (Å²) < 4.78 is 39.7. The molecule has 1 amide bonds. The van der Waals surface area contributed by atoms with E-state index < -0.39 is 53.5 Å². The van der Waals surface area contributed by atoms with Gasteiger partial charge in [-0.3, -0.25) is 4.18 Å². The van der Waals surface area contributed by atoms with Gasteiger partial charge in [0, 0.05) is 0 Å². The Kier molecular flexibility index (Phi) is 7.82. The van der Waals surface area contributed by atoms with Crippen molar-refractivity contribution in [3.63, 3.8) is 0 Å². The minimum absolute atomic E-state index is 0.0394. The van der Waals surface area contributed by atoms with Crippen molar-refractivity contribution in [2.24, 2.45) is 0 Å². The SMILES string of the molecule is Cc1ccc(S(=O)(=O)OC[C@H]2OC(O)[C@H](NC(=O)OCc3ccccc3)[C@@H](O)[C@@H]2O)cc1. The van der Waals surface area contributed by atoms with Gasteiger partial charge in [0.25, 0.3) is 10.1 Å². The highest BCUT2D eigenvalue weighted by molar-refractivity contribution is 7.86. The maximum Gasteiger partial charge on any atom is 0.407 e. The zero-order chi connectivity index (χ0) is 23.3. The van der Waals surface area contributed by atoms with E-state index in [0.717, 1.165) is 11.1 Å². The molecule has 174 valence electrons. The van der Waals surface area contributed by atoms with Crippen molar-refractivity contribution in [3.8, 4) is 0 Å². The standard InChI is InChI=1S/C21H25NO9S/c1-13-7-9-15(10-8-13)32(27,28)30-12-16-18(23)19(24)17(20(25)31-16)22-21(26)29-11-14-5-3-2-4-6-14/h2-10,16-20,23-25H,11-12H2,1H3,(H,22,26)/t16-,17-,18-,19-,20?/m1/s1. The van der Waals surface area contributed by atoms with Crippen molar-refractivity contribution in [1.29, 1.82) is 0 Å². The van der Waals surface area contributed by atoms with Crippen LogP contribution >= 0.6 is 0 Å². The molecule has 1 heterocycles. The second-order valence-electron chi connectivity index (χ2n) is 7.33. The Bertz CT molecular complexity index is 998. The molecule has 2 aromatic carbocycles. The van der Waals surface area contributed by atoms with Gasteiger partial charge >= 0.3 is 6.09 Å². The first-order valence-corrected chi connectivity index (χ1v) is 11.2. The van der Waals surface area contributed by atoms with Gasteiger partial charge in [0.05, 0.1) is 11.5 Å². The quantitative estimate of drug-likeness (QED) is 0.425. The molecule has 0 aliphatic carbocycles. The third kappa shape index (κ3) is 6.03.